The first kappa shape index (κ1) is 32.7. The van der Waals surface area contributed by atoms with Crippen LogP contribution < -0.4 is 5.73 Å². The normalized spacial score (nSPS) is 13.2. The van der Waals surface area contributed by atoms with Gasteiger partial charge in [0.15, 0.2) is 0 Å². The fourth-order valence-corrected chi connectivity index (χ4v) is 6.53. The lowest BCUT2D eigenvalue weighted by Gasteiger charge is -2.14. The van der Waals surface area contributed by atoms with Crippen molar-refractivity contribution in [3.63, 3.8) is 0 Å². The van der Waals surface area contributed by atoms with Crippen LogP contribution in [0.3, 0.4) is 0 Å². The van der Waals surface area contributed by atoms with Crippen molar-refractivity contribution < 1.29 is 0 Å². The van der Waals surface area contributed by atoms with E-state index in [1.54, 1.807) is 12.3 Å². The smallest absolute Gasteiger partial charge is 0.0619 e. The molecule has 0 aliphatic rings. The number of allylic oxidation sites excluding steroid dienone is 12. The highest BCUT2D eigenvalue weighted by atomic mass is 15.0. The molecule has 0 fully saturated rings. The summed E-state index contributed by atoms with van der Waals surface area (Å²) in [5.74, 6) is 0. The first-order valence-corrected chi connectivity index (χ1v) is 16.4. The standard InChI is InChI=1S/C46H41N3/c1-7-12-30(3)32(5)24-38(28-47)35-18-21-41-37(26-35)20-23-43-42-22-19-36(39(29-48)25-33(6)31(4)13-8-2)27-45(42)49(46(41)43)44-17-11-15-34-14-9-10-16-40(34)44/h7-29,47H,1,4-5,48H2,2-3,6H3/b13-8-,30-12+,33-25+,38-24+,39-29+,47-28?. The van der Waals surface area contributed by atoms with E-state index in [0.717, 1.165) is 77.4 Å². The molecular formula is C46H41N3. The average molecular weight is 636 g/mol. The first-order chi connectivity index (χ1) is 23.8. The second-order valence-electron chi connectivity index (χ2n) is 12.3. The molecule has 0 aliphatic carbocycles. The van der Waals surface area contributed by atoms with Crippen molar-refractivity contribution in [2.45, 2.75) is 20.8 Å². The van der Waals surface area contributed by atoms with Gasteiger partial charge in [-0.05, 0) is 106 Å². The summed E-state index contributed by atoms with van der Waals surface area (Å²) in [5.41, 5.74) is 17.2. The summed E-state index contributed by atoms with van der Waals surface area (Å²) in [7, 11) is 0. The van der Waals surface area contributed by atoms with Gasteiger partial charge in [-0.1, -0.05) is 117 Å². The molecule has 1 heterocycles. The van der Waals surface area contributed by atoms with Gasteiger partial charge in [0.25, 0.3) is 0 Å². The third-order valence-electron chi connectivity index (χ3n) is 9.20. The molecule has 49 heavy (non-hydrogen) atoms. The van der Waals surface area contributed by atoms with Crippen molar-refractivity contribution in [2.24, 2.45) is 5.73 Å². The monoisotopic (exact) mass is 635 g/mol. The zero-order valence-corrected chi connectivity index (χ0v) is 28.4. The van der Waals surface area contributed by atoms with Gasteiger partial charge in [0.2, 0.25) is 0 Å². The molecule has 3 nitrogen and oxygen atoms in total. The Kier molecular flexibility index (Phi) is 9.28. The SMILES string of the molecule is C=C/C=C(\C)C(=C)/C=C(\C=N)c1ccc2c(ccc3c4ccc(C(/C=C(\C)C(=C)/C=C\C)=C/N)cc4n(-c4cccc5ccccc45)c23)c1. The van der Waals surface area contributed by atoms with Crippen LogP contribution >= 0.6 is 0 Å². The number of nitrogens with one attached hydrogen (secondary N) is 1. The van der Waals surface area contributed by atoms with E-state index in [0.29, 0.717) is 0 Å². The summed E-state index contributed by atoms with van der Waals surface area (Å²) in [6.45, 7) is 18.3. The predicted octanol–water partition coefficient (Wildman–Crippen LogP) is 12.2. The van der Waals surface area contributed by atoms with Crippen LogP contribution in [0.4, 0.5) is 0 Å². The van der Waals surface area contributed by atoms with Gasteiger partial charge >= 0.3 is 0 Å². The van der Waals surface area contributed by atoms with Gasteiger partial charge in [0.05, 0.1) is 16.7 Å². The largest absolute Gasteiger partial charge is 0.404 e. The van der Waals surface area contributed by atoms with Crippen LogP contribution in [0.15, 0.2) is 176 Å². The molecule has 0 bridgehead atoms. The molecule has 0 atom stereocenters. The third-order valence-corrected chi connectivity index (χ3v) is 9.20. The summed E-state index contributed by atoms with van der Waals surface area (Å²) >= 11 is 0. The highest BCUT2D eigenvalue weighted by Gasteiger charge is 2.18. The van der Waals surface area contributed by atoms with E-state index < -0.39 is 0 Å². The van der Waals surface area contributed by atoms with Crippen molar-refractivity contribution in [3.8, 4) is 5.69 Å². The molecule has 6 rings (SSSR count). The van der Waals surface area contributed by atoms with Crippen molar-refractivity contribution >= 4 is 60.7 Å². The molecule has 0 saturated heterocycles. The van der Waals surface area contributed by atoms with Crippen LogP contribution in [0.2, 0.25) is 0 Å². The average Bonchev–Trinajstić information content (AvgIpc) is 3.46. The van der Waals surface area contributed by atoms with E-state index >= 15 is 0 Å². The Labute approximate surface area is 288 Å². The van der Waals surface area contributed by atoms with Crippen LogP contribution in [-0.4, -0.2) is 10.8 Å². The minimum atomic E-state index is 0.796. The Morgan fingerprint density at radius 2 is 1.43 bits per heavy atom. The molecule has 0 amide bonds. The Morgan fingerprint density at radius 1 is 0.714 bits per heavy atom. The number of rotatable bonds is 10. The van der Waals surface area contributed by atoms with E-state index in [1.807, 2.05) is 38.2 Å². The zero-order valence-electron chi connectivity index (χ0n) is 28.4. The molecule has 3 heteroatoms. The maximum atomic E-state index is 8.22. The van der Waals surface area contributed by atoms with Crippen LogP contribution in [0.5, 0.6) is 0 Å². The first-order valence-electron chi connectivity index (χ1n) is 16.4. The molecule has 6 aromatic rings. The van der Waals surface area contributed by atoms with Crippen molar-refractivity contribution in [1.29, 1.82) is 5.41 Å². The fraction of sp³-hybridized carbons (Fsp3) is 0.0652. The number of hydrogen-bond donors (Lipinski definition) is 2. The van der Waals surface area contributed by atoms with Gasteiger partial charge < -0.3 is 15.7 Å². The van der Waals surface area contributed by atoms with Gasteiger partial charge in [-0.2, -0.15) is 0 Å². The summed E-state index contributed by atoms with van der Waals surface area (Å²) in [6, 6.07) is 32.5. The third kappa shape index (κ3) is 6.15. The van der Waals surface area contributed by atoms with Gasteiger partial charge in [0.1, 0.15) is 0 Å². The lowest BCUT2D eigenvalue weighted by molar-refractivity contribution is 1.20. The molecule has 0 radical (unpaired) electrons. The zero-order chi connectivity index (χ0) is 34.7. The minimum Gasteiger partial charge on any atom is -0.404 e. The quantitative estimate of drug-likeness (QED) is 0.114. The number of benzene rings is 5. The van der Waals surface area contributed by atoms with E-state index in [2.05, 4.69) is 128 Å². The van der Waals surface area contributed by atoms with Crippen LogP contribution in [0.25, 0.3) is 60.2 Å². The molecular weight excluding hydrogens is 595 g/mol. The predicted molar refractivity (Wildman–Crippen MR) is 216 cm³/mol. The lowest BCUT2D eigenvalue weighted by Crippen LogP contribution is -1.97. The molecule has 0 unspecified atom stereocenters. The Bertz CT molecular complexity index is 2480. The van der Waals surface area contributed by atoms with Crippen LogP contribution in [0, 0.1) is 5.41 Å². The molecule has 5 aromatic carbocycles. The van der Waals surface area contributed by atoms with Gasteiger partial charge in [-0.25, -0.2) is 0 Å². The highest BCUT2D eigenvalue weighted by Crippen LogP contribution is 2.40. The van der Waals surface area contributed by atoms with Crippen molar-refractivity contribution in [2.75, 3.05) is 0 Å². The fourth-order valence-electron chi connectivity index (χ4n) is 6.53. The molecule has 0 spiro atoms. The number of aromatic nitrogens is 1. The molecule has 3 N–H and O–H groups in total. The highest BCUT2D eigenvalue weighted by molar-refractivity contribution is 6.20. The Morgan fingerprint density at radius 3 is 2.16 bits per heavy atom. The second kappa shape index (κ2) is 13.9. The number of fused-ring (bicyclic) bond motifs is 6. The Balaban J connectivity index is 1.64. The molecule has 0 saturated carbocycles. The summed E-state index contributed by atoms with van der Waals surface area (Å²) in [5, 5.41) is 15.1. The van der Waals surface area contributed by atoms with E-state index in [-0.39, 0.29) is 0 Å². The Hall–Kier alpha value is -6.19. The minimum absolute atomic E-state index is 0.796. The summed E-state index contributed by atoms with van der Waals surface area (Å²) < 4.78 is 2.40. The van der Waals surface area contributed by atoms with Crippen molar-refractivity contribution in [1.82, 2.24) is 4.57 Å². The molecule has 1 aromatic heterocycles. The molecule has 0 aliphatic heterocycles. The topological polar surface area (TPSA) is 54.8 Å². The van der Waals surface area contributed by atoms with E-state index in [4.69, 9.17) is 11.1 Å². The van der Waals surface area contributed by atoms with Gasteiger partial charge in [-0.3, -0.25) is 0 Å². The lowest BCUT2D eigenvalue weighted by atomic mass is 9.97. The number of hydrogen-bond acceptors (Lipinski definition) is 2. The van der Waals surface area contributed by atoms with Crippen LogP contribution in [0.1, 0.15) is 31.9 Å². The van der Waals surface area contributed by atoms with E-state index in [9.17, 15) is 0 Å². The van der Waals surface area contributed by atoms with Gasteiger partial charge in [-0.15, -0.1) is 0 Å². The van der Waals surface area contributed by atoms with Gasteiger partial charge in [0, 0.05) is 34.0 Å². The number of nitrogens with zero attached hydrogens (tertiary/aromatic N) is 1. The van der Waals surface area contributed by atoms with Crippen molar-refractivity contribution in [3.05, 3.63) is 187 Å². The maximum absolute atomic E-state index is 8.22. The van der Waals surface area contributed by atoms with Crippen LogP contribution in [-0.2, 0) is 0 Å². The summed E-state index contributed by atoms with van der Waals surface area (Å²) in [4.78, 5) is 0. The van der Waals surface area contributed by atoms with E-state index in [1.165, 1.54) is 22.4 Å². The molecule has 240 valence electrons. The number of nitrogens with two attached hydrogens (primary N) is 1. The second-order valence-corrected chi connectivity index (χ2v) is 12.3. The summed E-state index contributed by atoms with van der Waals surface area (Å²) in [6.07, 6.45) is 14.8. The maximum Gasteiger partial charge on any atom is 0.0619 e.